The summed E-state index contributed by atoms with van der Waals surface area (Å²) in [5.41, 5.74) is 1.49. The maximum absolute atomic E-state index is 11.9. The number of hydrogen-bond donors (Lipinski definition) is 1. The molecule has 0 bridgehead atoms. The molecule has 0 aliphatic rings. The Morgan fingerprint density at radius 1 is 1.19 bits per heavy atom. The van der Waals surface area contributed by atoms with Crippen molar-refractivity contribution in [1.82, 2.24) is 14.0 Å². The summed E-state index contributed by atoms with van der Waals surface area (Å²) in [6.07, 6.45) is 0. The Labute approximate surface area is 89.6 Å². The zero-order valence-electron chi connectivity index (χ0n) is 8.60. The highest BCUT2D eigenvalue weighted by Gasteiger charge is 2.07. The van der Waals surface area contributed by atoms with Crippen LogP contribution < -0.4 is 11.2 Å². The molecule has 0 saturated carbocycles. The van der Waals surface area contributed by atoms with Gasteiger partial charge >= 0.3 is 5.69 Å². The molecule has 0 amide bonds. The highest BCUT2D eigenvalue weighted by molar-refractivity contribution is 5.79. The third kappa shape index (κ3) is 0.995. The number of aromatic amines is 1. The molecule has 0 saturated heterocycles. The van der Waals surface area contributed by atoms with Gasteiger partial charge in [-0.15, -0.1) is 0 Å². The van der Waals surface area contributed by atoms with E-state index in [9.17, 15) is 9.59 Å². The van der Waals surface area contributed by atoms with Gasteiger partial charge in [0.2, 0.25) is 0 Å². The van der Waals surface area contributed by atoms with Crippen LogP contribution in [0.15, 0.2) is 39.9 Å². The monoisotopic (exact) mass is 215 g/mol. The molecule has 1 N–H and O–H groups in total. The summed E-state index contributed by atoms with van der Waals surface area (Å²) in [6.45, 7) is 0. The number of fused-ring (bicyclic) bond motifs is 3. The Kier molecular flexibility index (Phi) is 1.60. The van der Waals surface area contributed by atoms with Gasteiger partial charge in [0.05, 0.1) is 11.0 Å². The van der Waals surface area contributed by atoms with Crippen molar-refractivity contribution in [3.63, 3.8) is 0 Å². The fourth-order valence-corrected chi connectivity index (χ4v) is 1.86. The first kappa shape index (κ1) is 8.96. The van der Waals surface area contributed by atoms with Crippen LogP contribution in [0.3, 0.4) is 0 Å². The van der Waals surface area contributed by atoms with Gasteiger partial charge in [-0.3, -0.25) is 9.36 Å². The summed E-state index contributed by atoms with van der Waals surface area (Å²) in [4.78, 5) is 26.4. The summed E-state index contributed by atoms with van der Waals surface area (Å²) in [7, 11) is 1.47. The molecule has 0 fully saturated rings. The molecule has 0 atom stereocenters. The van der Waals surface area contributed by atoms with E-state index in [0.29, 0.717) is 5.65 Å². The van der Waals surface area contributed by atoms with E-state index in [1.165, 1.54) is 17.5 Å². The van der Waals surface area contributed by atoms with E-state index in [0.717, 1.165) is 15.6 Å². The summed E-state index contributed by atoms with van der Waals surface area (Å²) in [5.74, 6) is 0. The van der Waals surface area contributed by atoms with Crippen molar-refractivity contribution < 1.29 is 0 Å². The van der Waals surface area contributed by atoms with Gasteiger partial charge in [-0.2, -0.15) is 0 Å². The van der Waals surface area contributed by atoms with Crippen molar-refractivity contribution in [1.29, 1.82) is 0 Å². The smallest absolute Gasteiger partial charge is 0.337 e. The average molecular weight is 215 g/mol. The van der Waals surface area contributed by atoms with Crippen molar-refractivity contribution in [3.05, 3.63) is 51.2 Å². The van der Waals surface area contributed by atoms with Crippen molar-refractivity contribution in [2.75, 3.05) is 0 Å². The first-order valence-electron chi connectivity index (χ1n) is 4.88. The van der Waals surface area contributed by atoms with Crippen molar-refractivity contribution >= 4 is 16.7 Å². The number of para-hydroxylation sites is 2. The molecule has 3 aromatic rings. The number of nitrogens with one attached hydrogen (secondary N) is 1. The van der Waals surface area contributed by atoms with Crippen LogP contribution in [0.4, 0.5) is 0 Å². The molecule has 0 spiro atoms. The normalized spacial score (nSPS) is 11.3. The molecular formula is C11H9N3O2. The standard InChI is InChI=1S/C11H9N3O2/c1-13-10(15)6-9-12-7-4-2-3-5-8(7)14(9)11(13)16/h2-6,12H,1H3. The van der Waals surface area contributed by atoms with E-state index < -0.39 is 0 Å². The third-order valence-electron chi connectivity index (χ3n) is 2.72. The molecular weight excluding hydrogens is 206 g/mol. The quantitative estimate of drug-likeness (QED) is 0.593. The number of rotatable bonds is 0. The van der Waals surface area contributed by atoms with Crippen LogP contribution >= 0.6 is 0 Å². The zero-order chi connectivity index (χ0) is 11.3. The second kappa shape index (κ2) is 2.85. The van der Waals surface area contributed by atoms with Crippen molar-refractivity contribution in [2.45, 2.75) is 0 Å². The molecule has 5 nitrogen and oxygen atoms in total. The number of nitrogens with zero attached hydrogens (tertiary/aromatic N) is 2. The Bertz CT molecular complexity index is 807. The Morgan fingerprint density at radius 3 is 2.75 bits per heavy atom. The van der Waals surface area contributed by atoms with Crippen LogP contribution in [0.2, 0.25) is 0 Å². The van der Waals surface area contributed by atoms with Crippen molar-refractivity contribution in [2.24, 2.45) is 7.05 Å². The Morgan fingerprint density at radius 2 is 1.94 bits per heavy atom. The predicted octanol–water partition coefficient (Wildman–Crippen LogP) is 0.479. The molecule has 80 valence electrons. The SMILES string of the molecule is Cn1c(=O)cc2[nH]c3ccccc3n2c1=O. The lowest BCUT2D eigenvalue weighted by Gasteiger charge is -1.97. The van der Waals surface area contributed by atoms with Gasteiger partial charge < -0.3 is 4.98 Å². The molecule has 0 aliphatic carbocycles. The molecule has 0 aliphatic heterocycles. The molecule has 0 radical (unpaired) electrons. The van der Waals surface area contributed by atoms with Gasteiger partial charge in [-0.1, -0.05) is 12.1 Å². The van der Waals surface area contributed by atoms with Crippen LogP contribution in [-0.2, 0) is 7.05 Å². The van der Waals surface area contributed by atoms with E-state index in [4.69, 9.17) is 0 Å². The predicted molar refractivity (Wildman–Crippen MR) is 60.8 cm³/mol. The fraction of sp³-hybridized carbons (Fsp3) is 0.0909. The van der Waals surface area contributed by atoms with Crippen LogP contribution in [-0.4, -0.2) is 14.0 Å². The van der Waals surface area contributed by atoms with Gasteiger partial charge in [0, 0.05) is 13.1 Å². The highest BCUT2D eigenvalue weighted by atomic mass is 16.2. The summed E-state index contributed by atoms with van der Waals surface area (Å²) in [5, 5.41) is 0. The lowest BCUT2D eigenvalue weighted by molar-refractivity contribution is 0.765. The van der Waals surface area contributed by atoms with Gasteiger partial charge in [0.25, 0.3) is 5.56 Å². The second-order valence-electron chi connectivity index (χ2n) is 3.69. The minimum absolute atomic E-state index is 0.309. The number of imidazole rings is 1. The lowest BCUT2D eigenvalue weighted by Crippen LogP contribution is -2.34. The Hall–Kier alpha value is -2.30. The topological polar surface area (TPSA) is 59.3 Å². The van der Waals surface area contributed by atoms with Crippen LogP contribution in [0.1, 0.15) is 0 Å². The number of hydrogen-bond acceptors (Lipinski definition) is 2. The zero-order valence-corrected chi connectivity index (χ0v) is 8.60. The van der Waals surface area contributed by atoms with Gasteiger partial charge in [-0.05, 0) is 12.1 Å². The van der Waals surface area contributed by atoms with Crippen LogP contribution in [0, 0.1) is 0 Å². The molecule has 3 rings (SSSR count). The second-order valence-corrected chi connectivity index (χ2v) is 3.69. The van der Waals surface area contributed by atoms with Gasteiger partial charge in [0.1, 0.15) is 5.65 Å². The molecule has 16 heavy (non-hydrogen) atoms. The third-order valence-corrected chi connectivity index (χ3v) is 2.72. The summed E-state index contributed by atoms with van der Waals surface area (Å²) in [6, 6.07) is 8.85. The van der Waals surface area contributed by atoms with Crippen molar-refractivity contribution in [3.8, 4) is 0 Å². The first-order valence-corrected chi connectivity index (χ1v) is 4.88. The Balaban J connectivity index is 2.73. The average Bonchev–Trinajstić information content (AvgIpc) is 2.64. The van der Waals surface area contributed by atoms with Gasteiger partial charge in [0.15, 0.2) is 0 Å². The fourth-order valence-electron chi connectivity index (χ4n) is 1.86. The van der Waals surface area contributed by atoms with E-state index in [1.54, 1.807) is 0 Å². The minimum atomic E-state index is -0.333. The maximum Gasteiger partial charge on any atom is 0.337 e. The molecule has 1 aromatic carbocycles. The van der Waals surface area contributed by atoms with Crippen LogP contribution in [0.5, 0.6) is 0 Å². The van der Waals surface area contributed by atoms with E-state index in [2.05, 4.69) is 4.98 Å². The lowest BCUT2D eigenvalue weighted by atomic mass is 10.3. The highest BCUT2D eigenvalue weighted by Crippen LogP contribution is 2.12. The summed E-state index contributed by atoms with van der Waals surface area (Å²) < 4.78 is 2.59. The van der Waals surface area contributed by atoms with Gasteiger partial charge in [-0.25, -0.2) is 9.20 Å². The number of H-pyrrole nitrogens is 1. The summed E-state index contributed by atoms with van der Waals surface area (Å²) >= 11 is 0. The van der Waals surface area contributed by atoms with E-state index in [-0.39, 0.29) is 11.2 Å². The minimum Gasteiger partial charge on any atom is -0.339 e. The van der Waals surface area contributed by atoms with E-state index in [1.807, 2.05) is 24.3 Å². The van der Waals surface area contributed by atoms with Crippen LogP contribution in [0.25, 0.3) is 16.7 Å². The maximum atomic E-state index is 11.9. The number of aromatic nitrogens is 3. The molecule has 0 unspecified atom stereocenters. The first-order chi connectivity index (χ1) is 7.68. The van der Waals surface area contributed by atoms with E-state index >= 15 is 0 Å². The largest absolute Gasteiger partial charge is 0.339 e. The number of benzene rings is 1. The molecule has 5 heteroatoms. The molecule has 2 aromatic heterocycles. The molecule has 2 heterocycles.